The molecule has 13 heavy (non-hydrogen) atoms. The summed E-state index contributed by atoms with van der Waals surface area (Å²) in [6.07, 6.45) is -1.88. The normalized spacial score (nSPS) is 40.6. The molecule has 5 nitrogen and oxygen atoms in total. The van der Waals surface area contributed by atoms with E-state index in [4.69, 9.17) is 15.6 Å². The number of ether oxygens (including phenoxy) is 1. The van der Waals surface area contributed by atoms with Crippen molar-refractivity contribution in [2.75, 3.05) is 19.8 Å². The first kappa shape index (κ1) is 10.9. The van der Waals surface area contributed by atoms with Crippen LogP contribution in [0.25, 0.3) is 0 Å². The molecule has 1 heterocycles. The van der Waals surface area contributed by atoms with Crippen LogP contribution >= 0.6 is 0 Å². The molecule has 1 rings (SSSR count). The summed E-state index contributed by atoms with van der Waals surface area (Å²) in [5.41, 5.74) is 5.34. The minimum Gasteiger partial charge on any atom is -0.394 e. The Balaban J connectivity index is 2.48. The lowest BCUT2D eigenvalue weighted by Gasteiger charge is -2.36. The van der Waals surface area contributed by atoms with Crippen LogP contribution in [0, 0.1) is 5.92 Å². The monoisotopic (exact) mass is 191 g/mol. The minimum atomic E-state index is -1.00. The Hall–Kier alpha value is -0.200. The van der Waals surface area contributed by atoms with Crippen LogP contribution in [0.1, 0.15) is 6.42 Å². The Kier molecular flexibility index (Phi) is 4.08. The van der Waals surface area contributed by atoms with Gasteiger partial charge in [-0.1, -0.05) is 0 Å². The van der Waals surface area contributed by atoms with E-state index >= 15 is 0 Å². The first-order valence-corrected chi connectivity index (χ1v) is 4.49. The van der Waals surface area contributed by atoms with E-state index in [1.54, 1.807) is 0 Å². The maximum atomic E-state index is 9.57. The number of hydrogen-bond donors (Lipinski definition) is 4. The third kappa shape index (κ3) is 2.38. The molecule has 1 aliphatic heterocycles. The molecule has 0 saturated carbocycles. The molecule has 5 N–H and O–H groups in total. The fourth-order valence-corrected chi connectivity index (χ4v) is 1.57. The highest BCUT2D eigenvalue weighted by molar-refractivity contribution is 4.86. The number of rotatable bonds is 3. The van der Waals surface area contributed by atoms with E-state index in [0.29, 0.717) is 19.6 Å². The van der Waals surface area contributed by atoms with Gasteiger partial charge in [-0.2, -0.15) is 0 Å². The van der Waals surface area contributed by atoms with Crippen molar-refractivity contribution >= 4 is 0 Å². The van der Waals surface area contributed by atoms with Crippen molar-refractivity contribution in [2.24, 2.45) is 11.7 Å². The summed E-state index contributed by atoms with van der Waals surface area (Å²) in [6.45, 7) is 0.538. The second-order valence-corrected chi connectivity index (χ2v) is 3.37. The second-order valence-electron chi connectivity index (χ2n) is 3.37. The summed E-state index contributed by atoms with van der Waals surface area (Å²) in [5, 5.41) is 27.8. The molecule has 0 unspecified atom stereocenters. The predicted molar refractivity (Wildman–Crippen MR) is 46.0 cm³/mol. The third-order valence-electron chi connectivity index (χ3n) is 2.46. The highest BCUT2D eigenvalue weighted by atomic mass is 16.5. The molecule has 0 aromatic rings. The summed E-state index contributed by atoms with van der Waals surface area (Å²) in [7, 11) is 0. The SMILES string of the molecule is NCC[C@@H]1CO[C@H](CO)[C@H](O)[C@@H]1O. The lowest BCUT2D eigenvalue weighted by atomic mass is 9.90. The second kappa shape index (κ2) is 4.88. The van der Waals surface area contributed by atoms with Crippen molar-refractivity contribution < 1.29 is 20.1 Å². The maximum Gasteiger partial charge on any atom is 0.109 e. The van der Waals surface area contributed by atoms with E-state index < -0.39 is 18.3 Å². The zero-order valence-corrected chi connectivity index (χ0v) is 7.47. The third-order valence-corrected chi connectivity index (χ3v) is 2.46. The standard InChI is InChI=1S/C8H17NO4/c9-2-1-5-4-13-6(3-10)8(12)7(5)11/h5-8,10-12H,1-4,9H2/t5-,6-,7-,8+/m1/s1. The predicted octanol–water partition coefficient (Wildman–Crippen LogP) is -1.94. The number of hydrogen-bond acceptors (Lipinski definition) is 5. The average Bonchev–Trinajstić information content (AvgIpc) is 2.14. The molecule has 4 atom stereocenters. The van der Waals surface area contributed by atoms with Crippen LogP contribution < -0.4 is 5.73 Å². The zero-order valence-electron chi connectivity index (χ0n) is 7.47. The van der Waals surface area contributed by atoms with Crippen LogP contribution in [0.2, 0.25) is 0 Å². The van der Waals surface area contributed by atoms with Gasteiger partial charge in [0.2, 0.25) is 0 Å². The van der Waals surface area contributed by atoms with Gasteiger partial charge in [-0.25, -0.2) is 0 Å². The van der Waals surface area contributed by atoms with E-state index in [-0.39, 0.29) is 12.5 Å². The summed E-state index contributed by atoms with van der Waals surface area (Å²) >= 11 is 0. The van der Waals surface area contributed by atoms with Crippen LogP contribution in [-0.4, -0.2) is 53.4 Å². The molecule has 78 valence electrons. The molecule has 1 saturated heterocycles. The zero-order chi connectivity index (χ0) is 9.84. The van der Waals surface area contributed by atoms with E-state index in [1.807, 2.05) is 0 Å². The van der Waals surface area contributed by atoms with Crippen molar-refractivity contribution in [3.05, 3.63) is 0 Å². The van der Waals surface area contributed by atoms with Gasteiger partial charge in [0.15, 0.2) is 0 Å². The lowest BCUT2D eigenvalue weighted by Crippen LogP contribution is -2.51. The van der Waals surface area contributed by atoms with Crippen LogP contribution in [0.4, 0.5) is 0 Å². The largest absolute Gasteiger partial charge is 0.394 e. The molecular formula is C8H17NO4. The van der Waals surface area contributed by atoms with Crippen molar-refractivity contribution in [1.29, 1.82) is 0 Å². The molecule has 0 amide bonds. The number of aliphatic hydroxyl groups is 3. The minimum absolute atomic E-state index is 0.122. The molecule has 1 aliphatic rings. The Morgan fingerprint density at radius 3 is 2.54 bits per heavy atom. The summed E-state index contributed by atoms with van der Waals surface area (Å²) < 4.78 is 5.16. The molecule has 0 aromatic heterocycles. The fraction of sp³-hybridized carbons (Fsp3) is 1.00. The molecule has 5 heteroatoms. The van der Waals surface area contributed by atoms with Gasteiger partial charge in [0, 0.05) is 5.92 Å². The first-order valence-electron chi connectivity index (χ1n) is 4.49. The Bertz CT molecular complexity index is 153. The molecule has 1 fully saturated rings. The molecule has 0 spiro atoms. The van der Waals surface area contributed by atoms with Crippen LogP contribution in [0.15, 0.2) is 0 Å². The van der Waals surface area contributed by atoms with Crippen molar-refractivity contribution in [3.8, 4) is 0 Å². The molecule has 0 aromatic carbocycles. The van der Waals surface area contributed by atoms with E-state index in [1.165, 1.54) is 0 Å². The van der Waals surface area contributed by atoms with Crippen molar-refractivity contribution in [1.82, 2.24) is 0 Å². The van der Waals surface area contributed by atoms with Crippen LogP contribution in [-0.2, 0) is 4.74 Å². The van der Waals surface area contributed by atoms with Gasteiger partial charge >= 0.3 is 0 Å². The van der Waals surface area contributed by atoms with E-state index in [9.17, 15) is 10.2 Å². The highest BCUT2D eigenvalue weighted by Gasteiger charge is 2.37. The Morgan fingerprint density at radius 2 is 2.00 bits per heavy atom. The summed E-state index contributed by atoms with van der Waals surface area (Å²) in [4.78, 5) is 0. The Labute approximate surface area is 77.1 Å². The van der Waals surface area contributed by atoms with Gasteiger partial charge in [-0.3, -0.25) is 0 Å². The number of nitrogens with two attached hydrogens (primary N) is 1. The van der Waals surface area contributed by atoms with Crippen LogP contribution in [0.3, 0.4) is 0 Å². The van der Waals surface area contributed by atoms with Crippen molar-refractivity contribution in [3.63, 3.8) is 0 Å². The van der Waals surface area contributed by atoms with Gasteiger partial charge < -0.3 is 25.8 Å². The van der Waals surface area contributed by atoms with Crippen molar-refractivity contribution in [2.45, 2.75) is 24.7 Å². The maximum absolute atomic E-state index is 9.57. The quantitative estimate of drug-likeness (QED) is 0.416. The van der Waals surface area contributed by atoms with Gasteiger partial charge in [0.25, 0.3) is 0 Å². The fourth-order valence-electron chi connectivity index (χ4n) is 1.57. The molecule has 0 aliphatic carbocycles. The van der Waals surface area contributed by atoms with Gasteiger partial charge in [0.05, 0.1) is 19.3 Å². The Morgan fingerprint density at radius 1 is 1.31 bits per heavy atom. The van der Waals surface area contributed by atoms with Gasteiger partial charge in [0.1, 0.15) is 12.2 Å². The van der Waals surface area contributed by atoms with Gasteiger partial charge in [-0.15, -0.1) is 0 Å². The molecular weight excluding hydrogens is 174 g/mol. The van der Waals surface area contributed by atoms with Crippen LogP contribution in [0.5, 0.6) is 0 Å². The summed E-state index contributed by atoms with van der Waals surface area (Å²) in [5.74, 6) is -0.122. The topological polar surface area (TPSA) is 95.9 Å². The summed E-state index contributed by atoms with van der Waals surface area (Å²) in [6, 6.07) is 0. The first-order chi connectivity index (χ1) is 6.20. The van der Waals surface area contributed by atoms with Gasteiger partial charge in [-0.05, 0) is 13.0 Å². The highest BCUT2D eigenvalue weighted by Crippen LogP contribution is 2.22. The van der Waals surface area contributed by atoms with E-state index in [2.05, 4.69) is 0 Å². The lowest BCUT2D eigenvalue weighted by molar-refractivity contribution is -0.175. The average molecular weight is 191 g/mol. The molecule has 0 bridgehead atoms. The van der Waals surface area contributed by atoms with E-state index in [0.717, 1.165) is 0 Å². The number of aliphatic hydroxyl groups excluding tert-OH is 3. The smallest absolute Gasteiger partial charge is 0.109 e. The molecule has 0 radical (unpaired) electrons.